The molecule has 0 radical (unpaired) electrons. The zero-order valence-electron chi connectivity index (χ0n) is 12.1. The number of nitrogens with zero attached hydrogens (tertiary/aromatic N) is 2. The number of urea groups is 1. The highest BCUT2D eigenvalue weighted by Crippen LogP contribution is 2.19. The summed E-state index contributed by atoms with van der Waals surface area (Å²) in [5, 5.41) is 12.8. The van der Waals surface area contributed by atoms with Gasteiger partial charge in [-0.3, -0.25) is 10.1 Å². The van der Waals surface area contributed by atoms with E-state index in [1.54, 1.807) is 13.8 Å². The van der Waals surface area contributed by atoms with E-state index in [0.717, 1.165) is 12.1 Å². The highest BCUT2D eigenvalue weighted by molar-refractivity contribution is 5.89. The number of rotatable bonds is 5. The van der Waals surface area contributed by atoms with Crippen LogP contribution in [0.25, 0.3) is 0 Å². The Morgan fingerprint density at radius 1 is 1.32 bits per heavy atom. The van der Waals surface area contributed by atoms with Gasteiger partial charge in [-0.2, -0.15) is 13.2 Å². The van der Waals surface area contributed by atoms with Crippen molar-refractivity contribution in [3.63, 3.8) is 0 Å². The van der Waals surface area contributed by atoms with Gasteiger partial charge in [-0.25, -0.2) is 4.79 Å². The van der Waals surface area contributed by atoms with Crippen molar-refractivity contribution in [3.8, 4) is 0 Å². The third kappa shape index (κ3) is 5.98. The normalized spacial score (nSPS) is 11.4. The zero-order valence-corrected chi connectivity index (χ0v) is 12.1. The fourth-order valence-corrected chi connectivity index (χ4v) is 1.75. The lowest BCUT2D eigenvalue weighted by molar-refractivity contribution is -0.384. The van der Waals surface area contributed by atoms with Crippen LogP contribution in [0.2, 0.25) is 0 Å². The van der Waals surface area contributed by atoms with Crippen molar-refractivity contribution in [2.45, 2.75) is 20.0 Å². The minimum absolute atomic E-state index is 0.0572. The van der Waals surface area contributed by atoms with E-state index in [0.29, 0.717) is 4.90 Å². The molecule has 9 heteroatoms. The van der Waals surface area contributed by atoms with E-state index in [4.69, 9.17) is 0 Å². The van der Waals surface area contributed by atoms with E-state index in [1.165, 1.54) is 12.1 Å². The SMILES string of the molecule is CC(C)CN(CC(F)(F)F)C(=O)Nc1ccc([N+](=O)[O-])cc1. The van der Waals surface area contributed by atoms with Crippen LogP contribution in [0.5, 0.6) is 0 Å². The predicted molar refractivity (Wildman–Crippen MR) is 74.6 cm³/mol. The summed E-state index contributed by atoms with van der Waals surface area (Å²) in [7, 11) is 0. The standard InChI is InChI=1S/C13H16F3N3O3/c1-9(2)7-18(8-13(14,15)16)12(20)17-10-3-5-11(6-4-10)19(21)22/h3-6,9H,7-8H2,1-2H3,(H,17,20). The number of amides is 2. The summed E-state index contributed by atoms with van der Waals surface area (Å²) < 4.78 is 37.5. The van der Waals surface area contributed by atoms with Crippen LogP contribution in [-0.4, -0.2) is 35.1 Å². The molecule has 0 aliphatic rings. The van der Waals surface area contributed by atoms with Crippen molar-refractivity contribution >= 4 is 17.4 Å². The molecule has 0 aliphatic heterocycles. The molecular weight excluding hydrogens is 303 g/mol. The number of anilines is 1. The summed E-state index contributed by atoms with van der Waals surface area (Å²) in [6.45, 7) is 1.98. The van der Waals surface area contributed by atoms with E-state index in [9.17, 15) is 28.1 Å². The lowest BCUT2D eigenvalue weighted by Crippen LogP contribution is -2.43. The fraction of sp³-hybridized carbons (Fsp3) is 0.462. The van der Waals surface area contributed by atoms with Gasteiger partial charge >= 0.3 is 12.2 Å². The first-order valence-electron chi connectivity index (χ1n) is 6.45. The number of alkyl halides is 3. The number of nitro benzene ring substituents is 1. The molecule has 0 unspecified atom stereocenters. The molecular formula is C13H16F3N3O3. The van der Waals surface area contributed by atoms with Gasteiger partial charge in [0.05, 0.1) is 4.92 Å². The van der Waals surface area contributed by atoms with Gasteiger partial charge in [-0.15, -0.1) is 0 Å². The smallest absolute Gasteiger partial charge is 0.315 e. The summed E-state index contributed by atoms with van der Waals surface area (Å²) in [4.78, 5) is 22.5. The molecule has 0 fully saturated rings. The summed E-state index contributed by atoms with van der Waals surface area (Å²) in [5.74, 6) is -0.134. The number of nitro groups is 1. The van der Waals surface area contributed by atoms with E-state index < -0.39 is 23.7 Å². The van der Waals surface area contributed by atoms with Crippen molar-refractivity contribution in [2.24, 2.45) is 5.92 Å². The van der Waals surface area contributed by atoms with Crippen LogP contribution >= 0.6 is 0 Å². The maximum atomic E-state index is 12.5. The van der Waals surface area contributed by atoms with Gasteiger partial charge in [0, 0.05) is 24.4 Å². The summed E-state index contributed by atoms with van der Waals surface area (Å²) in [6, 6.07) is 3.94. The van der Waals surface area contributed by atoms with Crippen molar-refractivity contribution < 1.29 is 22.9 Å². The molecule has 0 aliphatic carbocycles. The summed E-state index contributed by atoms with van der Waals surface area (Å²) in [6.07, 6.45) is -4.50. The largest absolute Gasteiger partial charge is 0.406 e. The van der Waals surface area contributed by atoms with Gasteiger partial charge in [0.2, 0.25) is 0 Å². The van der Waals surface area contributed by atoms with Crippen molar-refractivity contribution in [2.75, 3.05) is 18.4 Å². The van der Waals surface area contributed by atoms with Gasteiger partial charge in [-0.05, 0) is 18.1 Å². The minimum atomic E-state index is -4.50. The van der Waals surface area contributed by atoms with Crippen LogP contribution in [0, 0.1) is 16.0 Å². The Morgan fingerprint density at radius 3 is 2.27 bits per heavy atom. The minimum Gasteiger partial charge on any atom is -0.315 e. The summed E-state index contributed by atoms with van der Waals surface area (Å²) >= 11 is 0. The predicted octanol–water partition coefficient (Wildman–Crippen LogP) is 3.65. The lowest BCUT2D eigenvalue weighted by Gasteiger charge is -2.25. The molecule has 22 heavy (non-hydrogen) atoms. The molecule has 0 saturated carbocycles. The maximum Gasteiger partial charge on any atom is 0.406 e. The second-order valence-electron chi connectivity index (χ2n) is 5.12. The number of hydrogen-bond donors (Lipinski definition) is 1. The van der Waals surface area contributed by atoms with Gasteiger partial charge in [0.1, 0.15) is 6.54 Å². The second-order valence-corrected chi connectivity index (χ2v) is 5.12. The molecule has 0 heterocycles. The van der Waals surface area contributed by atoms with E-state index in [-0.39, 0.29) is 23.8 Å². The van der Waals surface area contributed by atoms with Gasteiger partial charge in [0.15, 0.2) is 0 Å². The summed E-state index contributed by atoms with van der Waals surface area (Å²) in [5.41, 5.74) is 0.0128. The molecule has 0 atom stereocenters. The molecule has 2 amide bonds. The zero-order chi connectivity index (χ0) is 16.9. The highest BCUT2D eigenvalue weighted by Gasteiger charge is 2.33. The monoisotopic (exact) mass is 319 g/mol. The Morgan fingerprint density at radius 2 is 1.86 bits per heavy atom. The maximum absolute atomic E-state index is 12.5. The van der Waals surface area contributed by atoms with Crippen LogP contribution in [0.4, 0.5) is 29.3 Å². The molecule has 0 aromatic heterocycles. The van der Waals surface area contributed by atoms with Crippen molar-refractivity contribution in [1.82, 2.24) is 4.90 Å². The molecule has 122 valence electrons. The van der Waals surface area contributed by atoms with Crippen molar-refractivity contribution in [3.05, 3.63) is 34.4 Å². The Hall–Kier alpha value is -2.32. The number of carbonyl (C=O) groups excluding carboxylic acids is 1. The van der Waals surface area contributed by atoms with E-state index in [2.05, 4.69) is 5.32 Å². The number of nitrogens with one attached hydrogen (secondary N) is 1. The average Bonchev–Trinajstić information content (AvgIpc) is 2.36. The number of halogens is 3. The lowest BCUT2D eigenvalue weighted by atomic mass is 10.2. The topological polar surface area (TPSA) is 75.5 Å². The van der Waals surface area contributed by atoms with E-state index >= 15 is 0 Å². The number of non-ortho nitro benzene ring substituents is 1. The Balaban J connectivity index is 2.79. The Kier molecular flexibility index (Phi) is 5.72. The second kappa shape index (κ2) is 7.10. The van der Waals surface area contributed by atoms with Crippen LogP contribution < -0.4 is 5.32 Å². The van der Waals surface area contributed by atoms with Crippen LogP contribution in [0.3, 0.4) is 0 Å². The third-order valence-electron chi connectivity index (χ3n) is 2.57. The highest BCUT2D eigenvalue weighted by atomic mass is 19.4. The first-order chi connectivity index (χ1) is 10.1. The molecule has 0 bridgehead atoms. The number of hydrogen-bond acceptors (Lipinski definition) is 3. The Labute approximate surface area is 125 Å². The number of benzene rings is 1. The molecule has 1 aromatic rings. The molecule has 6 nitrogen and oxygen atoms in total. The van der Waals surface area contributed by atoms with Crippen molar-refractivity contribution in [1.29, 1.82) is 0 Å². The first kappa shape index (κ1) is 17.7. The third-order valence-corrected chi connectivity index (χ3v) is 2.57. The molecule has 0 spiro atoms. The fourth-order valence-electron chi connectivity index (χ4n) is 1.75. The average molecular weight is 319 g/mol. The van der Waals surface area contributed by atoms with Crippen LogP contribution in [-0.2, 0) is 0 Å². The van der Waals surface area contributed by atoms with Gasteiger partial charge < -0.3 is 10.2 Å². The molecule has 0 saturated heterocycles. The number of carbonyl (C=O) groups is 1. The van der Waals surface area contributed by atoms with Crippen LogP contribution in [0.15, 0.2) is 24.3 Å². The van der Waals surface area contributed by atoms with E-state index in [1.807, 2.05) is 0 Å². The Bertz CT molecular complexity index is 530. The quantitative estimate of drug-likeness (QED) is 0.665. The molecule has 1 N–H and O–H groups in total. The van der Waals surface area contributed by atoms with Gasteiger partial charge in [0.25, 0.3) is 5.69 Å². The molecule has 1 aromatic carbocycles. The van der Waals surface area contributed by atoms with Crippen LogP contribution in [0.1, 0.15) is 13.8 Å². The molecule has 1 rings (SSSR count). The van der Waals surface area contributed by atoms with Gasteiger partial charge in [-0.1, -0.05) is 13.8 Å². The first-order valence-corrected chi connectivity index (χ1v) is 6.45.